The number of hydrazone groups is 1. The molecule has 3 rings (SSSR count). The number of aromatic nitrogens is 1. The Labute approximate surface area is 115 Å². The zero-order valence-electron chi connectivity index (χ0n) is 10.6. The summed E-state index contributed by atoms with van der Waals surface area (Å²) in [7, 11) is 0. The molecule has 1 heterocycles. The van der Waals surface area contributed by atoms with Crippen molar-refractivity contribution in [1.29, 1.82) is 0 Å². The largest absolute Gasteiger partial charge is 0.507 e. The van der Waals surface area contributed by atoms with Gasteiger partial charge in [-0.05, 0) is 43.4 Å². The summed E-state index contributed by atoms with van der Waals surface area (Å²) in [6.07, 6.45) is 4.13. The van der Waals surface area contributed by atoms with Crippen LogP contribution in [-0.2, 0) is 0 Å². The third kappa shape index (κ3) is 2.93. The van der Waals surface area contributed by atoms with E-state index in [1.54, 1.807) is 12.3 Å². The van der Waals surface area contributed by atoms with Gasteiger partial charge in [0.15, 0.2) is 0 Å². The molecule has 0 saturated heterocycles. The Morgan fingerprint density at radius 2 is 2.32 bits per heavy atom. The van der Waals surface area contributed by atoms with Crippen molar-refractivity contribution in [3.8, 4) is 5.75 Å². The molecule has 0 aliphatic heterocycles. The maximum atomic E-state index is 9.81. The average molecular weight is 273 g/mol. The summed E-state index contributed by atoms with van der Waals surface area (Å²) in [6, 6.07) is 5.73. The highest BCUT2D eigenvalue weighted by molar-refractivity contribution is 7.13. The van der Waals surface area contributed by atoms with Gasteiger partial charge in [0.2, 0.25) is 5.13 Å². The molecule has 0 amide bonds. The van der Waals surface area contributed by atoms with Crippen LogP contribution in [0.15, 0.2) is 28.7 Å². The second-order valence-electron chi connectivity index (χ2n) is 4.76. The van der Waals surface area contributed by atoms with Gasteiger partial charge in [-0.25, -0.2) is 4.98 Å². The van der Waals surface area contributed by atoms with Crippen molar-refractivity contribution in [1.82, 2.24) is 4.98 Å². The number of aromatic hydroxyl groups is 1. The molecule has 1 aliphatic carbocycles. The van der Waals surface area contributed by atoms with Crippen LogP contribution < -0.4 is 5.43 Å². The molecule has 1 aromatic heterocycles. The molecule has 1 aromatic carbocycles. The second kappa shape index (κ2) is 5.01. The van der Waals surface area contributed by atoms with Gasteiger partial charge < -0.3 is 5.11 Å². The monoisotopic (exact) mass is 273 g/mol. The minimum atomic E-state index is 0.255. The molecule has 0 bridgehead atoms. The van der Waals surface area contributed by atoms with Crippen LogP contribution in [0.2, 0.25) is 0 Å². The molecule has 0 spiro atoms. The lowest BCUT2D eigenvalue weighted by Crippen LogP contribution is -1.92. The van der Waals surface area contributed by atoms with Gasteiger partial charge in [-0.3, -0.25) is 5.43 Å². The first-order valence-corrected chi connectivity index (χ1v) is 7.14. The van der Waals surface area contributed by atoms with E-state index >= 15 is 0 Å². The van der Waals surface area contributed by atoms with Gasteiger partial charge in [0, 0.05) is 10.9 Å². The Hall–Kier alpha value is -1.88. The van der Waals surface area contributed by atoms with Gasteiger partial charge in [-0.2, -0.15) is 5.10 Å². The van der Waals surface area contributed by atoms with E-state index in [4.69, 9.17) is 0 Å². The molecule has 1 aliphatic rings. The summed E-state index contributed by atoms with van der Waals surface area (Å²) in [4.78, 5) is 4.25. The number of phenols is 1. The molecule has 19 heavy (non-hydrogen) atoms. The standard InChI is InChI=1S/C14H15N3OS/c1-9-8-19-14(16-9)17-15-7-12-6-11(10-2-3-10)4-5-13(12)18/h4-8,10,18H,2-3H2,1H3,(H,16,17). The number of hydrogen-bond acceptors (Lipinski definition) is 5. The number of rotatable bonds is 4. The fraction of sp³-hybridized carbons (Fsp3) is 0.286. The van der Waals surface area contributed by atoms with Gasteiger partial charge >= 0.3 is 0 Å². The molecule has 2 aromatic rings. The van der Waals surface area contributed by atoms with Crippen LogP contribution in [0.4, 0.5) is 5.13 Å². The van der Waals surface area contributed by atoms with E-state index in [0.717, 1.165) is 16.4 Å². The van der Waals surface area contributed by atoms with Crippen molar-refractivity contribution in [2.24, 2.45) is 5.10 Å². The summed E-state index contributed by atoms with van der Waals surface area (Å²) in [5.74, 6) is 0.924. The Kier molecular flexibility index (Phi) is 3.21. The van der Waals surface area contributed by atoms with Gasteiger partial charge in [0.1, 0.15) is 5.75 Å². The number of nitrogens with one attached hydrogen (secondary N) is 1. The van der Waals surface area contributed by atoms with E-state index in [2.05, 4.69) is 15.5 Å². The maximum Gasteiger partial charge on any atom is 0.203 e. The smallest absolute Gasteiger partial charge is 0.203 e. The first-order valence-electron chi connectivity index (χ1n) is 6.26. The predicted molar refractivity (Wildman–Crippen MR) is 78.1 cm³/mol. The van der Waals surface area contributed by atoms with E-state index in [9.17, 15) is 5.11 Å². The zero-order valence-corrected chi connectivity index (χ0v) is 11.4. The number of aryl methyl sites for hydroxylation is 1. The predicted octanol–water partition coefficient (Wildman–Crippen LogP) is 3.48. The fourth-order valence-electron chi connectivity index (χ4n) is 1.91. The van der Waals surface area contributed by atoms with Gasteiger partial charge in [-0.1, -0.05) is 6.07 Å². The first kappa shape index (κ1) is 12.2. The number of benzene rings is 1. The van der Waals surface area contributed by atoms with Crippen LogP contribution in [0.5, 0.6) is 5.75 Å². The van der Waals surface area contributed by atoms with E-state index in [0.29, 0.717) is 5.92 Å². The first-order chi connectivity index (χ1) is 9.22. The molecular formula is C14H15N3OS. The van der Waals surface area contributed by atoms with Crippen molar-refractivity contribution in [3.63, 3.8) is 0 Å². The SMILES string of the molecule is Cc1csc(NN=Cc2cc(C3CC3)ccc2O)n1. The van der Waals surface area contributed by atoms with Crippen LogP contribution >= 0.6 is 11.3 Å². The van der Waals surface area contributed by atoms with Crippen molar-refractivity contribution < 1.29 is 5.11 Å². The fourth-order valence-corrected chi connectivity index (χ4v) is 2.55. The van der Waals surface area contributed by atoms with Crippen LogP contribution in [-0.4, -0.2) is 16.3 Å². The Bertz CT molecular complexity index is 617. The molecule has 98 valence electrons. The van der Waals surface area contributed by atoms with Crippen LogP contribution in [0.3, 0.4) is 0 Å². The Balaban J connectivity index is 1.72. The van der Waals surface area contributed by atoms with Gasteiger partial charge in [-0.15, -0.1) is 11.3 Å². The minimum Gasteiger partial charge on any atom is -0.507 e. The highest BCUT2D eigenvalue weighted by Gasteiger charge is 2.23. The lowest BCUT2D eigenvalue weighted by Gasteiger charge is -2.02. The molecule has 1 fully saturated rings. The van der Waals surface area contributed by atoms with Crippen LogP contribution in [0.25, 0.3) is 0 Å². The quantitative estimate of drug-likeness (QED) is 0.662. The summed E-state index contributed by atoms with van der Waals surface area (Å²) < 4.78 is 0. The molecular weight excluding hydrogens is 258 g/mol. The van der Waals surface area contributed by atoms with Crippen molar-refractivity contribution >= 4 is 22.7 Å². The molecule has 0 atom stereocenters. The van der Waals surface area contributed by atoms with E-state index < -0.39 is 0 Å². The number of anilines is 1. The van der Waals surface area contributed by atoms with Gasteiger partial charge in [0.25, 0.3) is 0 Å². The Morgan fingerprint density at radius 1 is 1.47 bits per heavy atom. The van der Waals surface area contributed by atoms with Crippen LogP contribution in [0, 0.1) is 6.92 Å². The third-order valence-corrected chi connectivity index (χ3v) is 3.95. The van der Waals surface area contributed by atoms with Crippen LogP contribution in [0.1, 0.15) is 35.6 Å². The third-order valence-electron chi connectivity index (χ3n) is 3.08. The molecule has 5 heteroatoms. The lowest BCUT2D eigenvalue weighted by molar-refractivity contribution is 0.474. The topological polar surface area (TPSA) is 57.5 Å². The number of thiazole rings is 1. The number of hydrogen-bond donors (Lipinski definition) is 2. The normalized spacial score (nSPS) is 15.0. The van der Waals surface area contributed by atoms with Crippen molar-refractivity contribution in [2.75, 3.05) is 5.43 Å². The molecule has 0 radical (unpaired) electrons. The van der Waals surface area contributed by atoms with E-state index in [1.165, 1.54) is 29.7 Å². The average Bonchev–Trinajstić information content (AvgIpc) is 3.16. The van der Waals surface area contributed by atoms with Gasteiger partial charge in [0.05, 0.1) is 11.9 Å². The zero-order chi connectivity index (χ0) is 13.2. The highest BCUT2D eigenvalue weighted by Crippen LogP contribution is 2.40. The Morgan fingerprint density at radius 3 is 3.00 bits per heavy atom. The summed E-state index contributed by atoms with van der Waals surface area (Å²) >= 11 is 1.51. The molecule has 4 nitrogen and oxygen atoms in total. The number of nitrogens with zero attached hydrogens (tertiary/aromatic N) is 2. The molecule has 2 N–H and O–H groups in total. The lowest BCUT2D eigenvalue weighted by atomic mass is 10.1. The molecule has 0 unspecified atom stereocenters. The van der Waals surface area contributed by atoms with E-state index in [-0.39, 0.29) is 5.75 Å². The van der Waals surface area contributed by atoms with E-state index in [1.807, 2.05) is 24.4 Å². The minimum absolute atomic E-state index is 0.255. The highest BCUT2D eigenvalue weighted by atomic mass is 32.1. The molecule has 1 saturated carbocycles. The maximum absolute atomic E-state index is 9.81. The summed E-state index contributed by atoms with van der Waals surface area (Å²) in [5, 5.41) is 16.6. The van der Waals surface area contributed by atoms with Crippen molar-refractivity contribution in [3.05, 3.63) is 40.4 Å². The summed E-state index contributed by atoms with van der Waals surface area (Å²) in [5.41, 5.74) is 5.87. The second-order valence-corrected chi connectivity index (χ2v) is 5.61. The van der Waals surface area contributed by atoms with Crippen molar-refractivity contribution in [2.45, 2.75) is 25.7 Å². The number of phenolic OH excluding ortho intramolecular Hbond substituents is 1. The summed E-state index contributed by atoms with van der Waals surface area (Å²) in [6.45, 7) is 1.94.